The first-order valence-electron chi connectivity index (χ1n) is 11.1. The third-order valence-corrected chi connectivity index (χ3v) is 6.82. The number of nitrogens with one attached hydrogen (secondary N) is 1. The van der Waals surface area contributed by atoms with E-state index in [9.17, 15) is 9.18 Å². The molecule has 0 radical (unpaired) electrons. The first-order chi connectivity index (χ1) is 16.2. The topological polar surface area (TPSA) is 78.3 Å². The van der Waals surface area contributed by atoms with E-state index < -0.39 is 0 Å². The van der Waals surface area contributed by atoms with Crippen LogP contribution >= 0.6 is 11.8 Å². The number of nitrogens with zero attached hydrogens (tertiary/aromatic N) is 3. The van der Waals surface area contributed by atoms with Gasteiger partial charge in [-0.2, -0.15) is 0 Å². The molecule has 2 aromatic carbocycles. The number of hydrogen-bond acceptors (Lipinski definition) is 6. The van der Waals surface area contributed by atoms with Gasteiger partial charge >= 0.3 is 0 Å². The standard InChI is InChI=1S/C24H25FN4O3S/c25-17-9-7-16(8-10-17)23-27-28-24(29(23)14-18-4-3-12-31-18)33-15-22(30)26-20-11-13-32-21-6-2-1-5-19(20)21/h1-2,5-10,18,20H,3-4,11-15H2,(H,26,30)/t18-,20-/m1/s1. The molecule has 3 aromatic rings. The Hall–Kier alpha value is -2.91. The van der Waals surface area contributed by atoms with Crippen LogP contribution in [-0.4, -0.2) is 45.7 Å². The van der Waals surface area contributed by atoms with Crippen LogP contribution in [-0.2, 0) is 16.1 Å². The molecule has 3 heterocycles. The van der Waals surface area contributed by atoms with E-state index in [0.717, 1.165) is 42.7 Å². The van der Waals surface area contributed by atoms with E-state index >= 15 is 0 Å². The quantitative estimate of drug-likeness (QED) is 0.528. The molecule has 2 aliphatic heterocycles. The highest BCUT2D eigenvalue weighted by Gasteiger charge is 2.25. The Morgan fingerprint density at radius 3 is 2.79 bits per heavy atom. The molecule has 1 saturated heterocycles. The summed E-state index contributed by atoms with van der Waals surface area (Å²) in [5, 5.41) is 12.5. The van der Waals surface area contributed by atoms with Crippen LogP contribution in [0.4, 0.5) is 4.39 Å². The number of para-hydroxylation sites is 1. The Morgan fingerprint density at radius 1 is 1.12 bits per heavy atom. The number of rotatable bonds is 7. The van der Waals surface area contributed by atoms with Gasteiger partial charge in [-0.1, -0.05) is 30.0 Å². The number of carbonyl (C=O) groups is 1. The fraction of sp³-hybridized carbons (Fsp3) is 0.375. The number of ether oxygens (including phenoxy) is 2. The molecule has 2 aliphatic rings. The minimum Gasteiger partial charge on any atom is -0.493 e. The highest BCUT2D eigenvalue weighted by Crippen LogP contribution is 2.32. The van der Waals surface area contributed by atoms with E-state index in [-0.39, 0.29) is 29.6 Å². The maximum absolute atomic E-state index is 13.4. The highest BCUT2D eigenvalue weighted by molar-refractivity contribution is 7.99. The third kappa shape index (κ3) is 5.04. The molecule has 1 fully saturated rings. The van der Waals surface area contributed by atoms with Gasteiger partial charge in [0, 0.05) is 24.2 Å². The Bertz CT molecular complexity index is 1120. The summed E-state index contributed by atoms with van der Waals surface area (Å²) in [6, 6.07) is 13.9. The number of fused-ring (bicyclic) bond motifs is 1. The summed E-state index contributed by atoms with van der Waals surface area (Å²) in [5.74, 6) is 1.31. The molecule has 0 aliphatic carbocycles. The molecule has 9 heteroatoms. The van der Waals surface area contributed by atoms with E-state index in [0.29, 0.717) is 24.1 Å². The van der Waals surface area contributed by atoms with Gasteiger partial charge in [-0.3, -0.25) is 9.36 Å². The number of halogens is 1. The fourth-order valence-electron chi connectivity index (χ4n) is 4.22. The number of carbonyl (C=O) groups excluding carboxylic acids is 1. The highest BCUT2D eigenvalue weighted by atomic mass is 32.2. The first kappa shape index (κ1) is 21.9. The normalized spacial score (nSPS) is 19.7. The second-order valence-electron chi connectivity index (χ2n) is 8.14. The summed E-state index contributed by atoms with van der Waals surface area (Å²) in [5.41, 5.74) is 1.78. The second kappa shape index (κ2) is 9.93. The number of benzene rings is 2. The maximum Gasteiger partial charge on any atom is 0.230 e. The van der Waals surface area contributed by atoms with Crippen LogP contribution in [0.3, 0.4) is 0 Å². The van der Waals surface area contributed by atoms with Crippen molar-refractivity contribution in [3.8, 4) is 17.1 Å². The van der Waals surface area contributed by atoms with Gasteiger partial charge in [0.25, 0.3) is 0 Å². The lowest BCUT2D eigenvalue weighted by molar-refractivity contribution is -0.119. The summed E-state index contributed by atoms with van der Waals surface area (Å²) in [4.78, 5) is 12.8. The van der Waals surface area contributed by atoms with Crippen molar-refractivity contribution in [3.05, 3.63) is 59.9 Å². The van der Waals surface area contributed by atoms with Crippen LogP contribution in [0, 0.1) is 5.82 Å². The molecule has 0 spiro atoms. The fourth-order valence-corrected chi connectivity index (χ4v) is 4.98. The summed E-state index contributed by atoms with van der Waals surface area (Å²) < 4.78 is 26.9. The van der Waals surface area contributed by atoms with Crippen molar-refractivity contribution in [2.75, 3.05) is 19.0 Å². The predicted molar refractivity (Wildman–Crippen MR) is 123 cm³/mol. The van der Waals surface area contributed by atoms with Gasteiger partial charge in [0.05, 0.1) is 31.1 Å². The van der Waals surface area contributed by atoms with Crippen molar-refractivity contribution < 1.29 is 18.7 Å². The lowest BCUT2D eigenvalue weighted by Gasteiger charge is -2.26. The van der Waals surface area contributed by atoms with E-state index in [1.807, 2.05) is 28.8 Å². The number of hydrogen-bond donors (Lipinski definition) is 1. The minimum atomic E-state index is -0.301. The molecule has 0 saturated carbocycles. The zero-order chi connectivity index (χ0) is 22.6. The maximum atomic E-state index is 13.4. The monoisotopic (exact) mass is 468 g/mol. The van der Waals surface area contributed by atoms with Crippen LogP contribution < -0.4 is 10.1 Å². The van der Waals surface area contributed by atoms with Gasteiger partial charge in [0.15, 0.2) is 11.0 Å². The lowest BCUT2D eigenvalue weighted by atomic mass is 10.0. The minimum absolute atomic E-state index is 0.0671. The Labute approximate surface area is 195 Å². The zero-order valence-electron chi connectivity index (χ0n) is 18.1. The van der Waals surface area contributed by atoms with Crippen LogP contribution in [0.15, 0.2) is 53.7 Å². The van der Waals surface area contributed by atoms with Gasteiger partial charge in [0.2, 0.25) is 5.91 Å². The molecule has 1 amide bonds. The molecule has 1 N–H and O–H groups in total. The largest absolute Gasteiger partial charge is 0.493 e. The Morgan fingerprint density at radius 2 is 1.97 bits per heavy atom. The molecule has 0 bridgehead atoms. The van der Waals surface area contributed by atoms with Crippen molar-refractivity contribution in [1.29, 1.82) is 0 Å². The van der Waals surface area contributed by atoms with Gasteiger partial charge in [-0.15, -0.1) is 10.2 Å². The van der Waals surface area contributed by atoms with Gasteiger partial charge in [-0.25, -0.2) is 4.39 Å². The predicted octanol–water partition coefficient (Wildman–Crippen LogP) is 4.00. The number of aromatic nitrogens is 3. The first-order valence-corrected chi connectivity index (χ1v) is 12.1. The van der Waals surface area contributed by atoms with E-state index in [4.69, 9.17) is 9.47 Å². The van der Waals surface area contributed by atoms with Crippen molar-refractivity contribution in [2.24, 2.45) is 0 Å². The van der Waals surface area contributed by atoms with E-state index in [1.54, 1.807) is 12.1 Å². The average Bonchev–Trinajstić information content (AvgIpc) is 3.49. The Kier molecular flexibility index (Phi) is 6.59. The molecule has 1 aromatic heterocycles. The van der Waals surface area contributed by atoms with Gasteiger partial charge in [0.1, 0.15) is 11.6 Å². The molecule has 7 nitrogen and oxygen atoms in total. The van der Waals surface area contributed by atoms with Crippen LogP contribution in [0.5, 0.6) is 5.75 Å². The smallest absolute Gasteiger partial charge is 0.230 e. The SMILES string of the molecule is O=C(CSc1nnc(-c2ccc(F)cc2)n1C[C@H]1CCCO1)N[C@@H]1CCOc2ccccc21. The second-order valence-corrected chi connectivity index (χ2v) is 9.08. The number of thioether (sulfide) groups is 1. The molecule has 5 rings (SSSR count). The summed E-state index contributed by atoms with van der Waals surface area (Å²) in [6.45, 7) is 1.92. The van der Waals surface area contributed by atoms with Crippen molar-refractivity contribution in [1.82, 2.24) is 20.1 Å². The van der Waals surface area contributed by atoms with Crippen LogP contribution in [0.25, 0.3) is 11.4 Å². The van der Waals surface area contributed by atoms with Crippen molar-refractivity contribution in [2.45, 2.75) is 43.1 Å². The van der Waals surface area contributed by atoms with Crippen LogP contribution in [0.1, 0.15) is 30.9 Å². The summed E-state index contributed by atoms with van der Waals surface area (Å²) in [6.07, 6.45) is 2.80. The zero-order valence-corrected chi connectivity index (χ0v) is 18.9. The van der Waals surface area contributed by atoms with E-state index in [1.165, 1.54) is 23.9 Å². The van der Waals surface area contributed by atoms with Crippen molar-refractivity contribution in [3.63, 3.8) is 0 Å². The molecule has 2 atom stereocenters. The number of amides is 1. The average molecular weight is 469 g/mol. The molecule has 172 valence electrons. The van der Waals surface area contributed by atoms with E-state index in [2.05, 4.69) is 15.5 Å². The summed E-state index contributed by atoms with van der Waals surface area (Å²) in [7, 11) is 0. The Balaban J connectivity index is 1.30. The third-order valence-electron chi connectivity index (χ3n) is 5.86. The molecular formula is C24H25FN4O3S. The molecular weight excluding hydrogens is 443 g/mol. The molecule has 33 heavy (non-hydrogen) atoms. The van der Waals surface area contributed by atoms with Gasteiger partial charge < -0.3 is 14.8 Å². The molecule has 0 unspecified atom stereocenters. The lowest BCUT2D eigenvalue weighted by Crippen LogP contribution is -2.33. The summed E-state index contributed by atoms with van der Waals surface area (Å²) >= 11 is 1.34. The van der Waals surface area contributed by atoms with Crippen molar-refractivity contribution >= 4 is 17.7 Å². The van der Waals surface area contributed by atoms with Crippen LogP contribution in [0.2, 0.25) is 0 Å². The van der Waals surface area contributed by atoms with Gasteiger partial charge in [-0.05, 0) is 43.2 Å².